The number of likely N-dealkylation sites (tertiary alicyclic amines) is 1. The third kappa shape index (κ3) is 7.14. The van der Waals surface area contributed by atoms with Crippen LogP contribution in [0.25, 0.3) is 0 Å². The van der Waals surface area contributed by atoms with Gasteiger partial charge in [-0.1, -0.05) is 25.7 Å². The van der Waals surface area contributed by atoms with Crippen molar-refractivity contribution in [2.24, 2.45) is 10.7 Å². The molecule has 7 heteroatoms. The highest BCUT2D eigenvalue weighted by atomic mass is 127. The van der Waals surface area contributed by atoms with E-state index in [1.54, 1.807) is 4.90 Å². The second-order valence-corrected chi connectivity index (χ2v) is 7.39. The molecule has 23 heavy (non-hydrogen) atoms. The van der Waals surface area contributed by atoms with Gasteiger partial charge in [0.15, 0.2) is 5.96 Å². The number of nitrogens with one attached hydrogen (secondary N) is 1. The van der Waals surface area contributed by atoms with Gasteiger partial charge in [0.05, 0.1) is 12.1 Å². The Hall–Kier alpha value is -0.730. The molecule has 2 fully saturated rings. The average molecular weight is 438 g/mol. The Morgan fingerprint density at radius 2 is 1.74 bits per heavy atom. The van der Waals surface area contributed by atoms with Crippen LogP contribution in [0.1, 0.15) is 59.3 Å². The molecule has 0 unspecified atom stereocenters. The Balaban J connectivity index is 0.00000264. The number of rotatable bonds is 2. The molecular weight excluding hydrogens is 407 g/mol. The minimum absolute atomic E-state index is 0. The Morgan fingerprint density at radius 3 is 2.26 bits per heavy atom. The average Bonchev–Trinajstić information content (AvgIpc) is 2.59. The van der Waals surface area contributed by atoms with Crippen LogP contribution in [0.3, 0.4) is 0 Å². The van der Waals surface area contributed by atoms with Gasteiger partial charge < -0.3 is 20.7 Å². The van der Waals surface area contributed by atoms with E-state index >= 15 is 0 Å². The summed E-state index contributed by atoms with van der Waals surface area (Å²) in [6.45, 7) is 6.86. The summed E-state index contributed by atoms with van der Waals surface area (Å²) >= 11 is 0. The SMILES string of the molecule is CC(C)(C)OC(=O)N1CC(NC(N)=NC2CCCCCC2)C1.I. The first-order valence-electron chi connectivity index (χ1n) is 8.41. The van der Waals surface area contributed by atoms with Gasteiger partial charge in [-0.25, -0.2) is 4.79 Å². The van der Waals surface area contributed by atoms with Gasteiger partial charge in [-0.3, -0.25) is 4.99 Å². The van der Waals surface area contributed by atoms with Gasteiger partial charge in [-0.2, -0.15) is 0 Å². The summed E-state index contributed by atoms with van der Waals surface area (Å²) < 4.78 is 5.33. The molecule has 0 bridgehead atoms. The molecule has 0 aromatic carbocycles. The second kappa shape index (κ2) is 8.94. The fourth-order valence-corrected chi connectivity index (χ4v) is 2.88. The molecule has 1 heterocycles. The van der Waals surface area contributed by atoms with E-state index in [9.17, 15) is 4.79 Å². The maximum absolute atomic E-state index is 11.8. The second-order valence-electron chi connectivity index (χ2n) is 7.39. The Morgan fingerprint density at radius 1 is 1.17 bits per heavy atom. The Kier molecular flexibility index (Phi) is 7.89. The highest BCUT2D eigenvalue weighted by molar-refractivity contribution is 14.0. The predicted octanol–water partition coefficient (Wildman–Crippen LogP) is 2.85. The zero-order chi connectivity index (χ0) is 16.2. The van der Waals surface area contributed by atoms with Crippen molar-refractivity contribution in [1.82, 2.24) is 10.2 Å². The van der Waals surface area contributed by atoms with Gasteiger partial charge in [0.2, 0.25) is 0 Å². The quantitative estimate of drug-likeness (QED) is 0.301. The van der Waals surface area contributed by atoms with E-state index in [2.05, 4.69) is 10.3 Å². The summed E-state index contributed by atoms with van der Waals surface area (Å²) in [5, 5.41) is 3.21. The highest BCUT2D eigenvalue weighted by Gasteiger charge is 2.33. The van der Waals surface area contributed by atoms with Crippen LogP contribution in [0.4, 0.5) is 4.79 Å². The van der Waals surface area contributed by atoms with Gasteiger partial charge in [-0.05, 0) is 33.6 Å². The number of aliphatic imine (C=N–C) groups is 1. The summed E-state index contributed by atoms with van der Waals surface area (Å²) in [7, 11) is 0. The van der Waals surface area contributed by atoms with Crippen LogP contribution in [-0.4, -0.2) is 47.7 Å². The molecule has 1 amide bonds. The van der Waals surface area contributed by atoms with E-state index in [4.69, 9.17) is 10.5 Å². The number of ether oxygens (including phenoxy) is 1. The van der Waals surface area contributed by atoms with E-state index in [0.717, 1.165) is 12.8 Å². The minimum atomic E-state index is -0.449. The van der Waals surface area contributed by atoms with Gasteiger partial charge in [0.1, 0.15) is 5.60 Å². The Labute approximate surface area is 156 Å². The third-order valence-corrected chi connectivity index (χ3v) is 4.03. The molecule has 1 saturated carbocycles. The molecule has 2 rings (SSSR count). The fourth-order valence-electron chi connectivity index (χ4n) is 2.88. The number of guanidine groups is 1. The molecule has 0 atom stereocenters. The molecule has 0 radical (unpaired) electrons. The van der Waals surface area contributed by atoms with Crippen molar-refractivity contribution in [2.75, 3.05) is 13.1 Å². The van der Waals surface area contributed by atoms with E-state index < -0.39 is 5.60 Å². The number of nitrogens with two attached hydrogens (primary N) is 1. The molecule has 1 aliphatic carbocycles. The largest absolute Gasteiger partial charge is 0.444 e. The van der Waals surface area contributed by atoms with Gasteiger partial charge in [0.25, 0.3) is 0 Å². The van der Waals surface area contributed by atoms with Gasteiger partial charge >= 0.3 is 6.09 Å². The van der Waals surface area contributed by atoms with Crippen LogP contribution in [0.2, 0.25) is 0 Å². The monoisotopic (exact) mass is 438 g/mol. The maximum atomic E-state index is 11.8. The van der Waals surface area contributed by atoms with Crippen molar-refractivity contribution < 1.29 is 9.53 Å². The van der Waals surface area contributed by atoms with Crippen molar-refractivity contribution >= 4 is 36.0 Å². The number of hydrogen-bond acceptors (Lipinski definition) is 3. The van der Waals surface area contributed by atoms with Crippen LogP contribution in [0, 0.1) is 0 Å². The van der Waals surface area contributed by atoms with Crippen LogP contribution in [0.15, 0.2) is 4.99 Å². The summed E-state index contributed by atoms with van der Waals surface area (Å²) in [5.74, 6) is 0.515. The zero-order valence-corrected chi connectivity index (χ0v) is 16.8. The molecule has 3 N–H and O–H groups in total. The predicted molar refractivity (Wildman–Crippen MR) is 103 cm³/mol. The molecule has 0 spiro atoms. The van der Waals surface area contributed by atoms with Crippen molar-refractivity contribution in [3.05, 3.63) is 0 Å². The van der Waals surface area contributed by atoms with E-state index in [1.165, 1.54) is 25.7 Å². The first kappa shape index (κ1) is 20.3. The lowest BCUT2D eigenvalue weighted by Gasteiger charge is -2.40. The molecule has 6 nitrogen and oxygen atoms in total. The molecule has 1 saturated heterocycles. The topological polar surface area (TPSA) is 80.0 Å². The van der Waals surface area contributed by atoms with Crippen LogP contribution >= 0.6 is 24.0 Å². The summed E-state index contributed by atoms with van der Waals surface area (Å²) in [5.41, 5.74) is 5.54. The molecule has 2 aliphatic rings. The zero-order valence-electron chi connectivity index (χ0n) is 14.5. The summed E-state index contributed by atoms with van der Waals surface area (Å²) in [6.07, 6.45) is 7.13. The molecular formula is C16H31IN4O2. The molecule has 0 aromatic rings. The number of amides is 1. The standard InChI is InChI=1S/C16H30N4O2.HI/c1-16(2,3)22-15(21)20-10-13(11-20)19-14(17)18-12-8-6-4-5-7-9-12;/h12-13H,4-11H2,1-3H3,(H3,17,18,19);1H. The summed E-state index contributed by atoms with van der Waals surface area (Å²) in [6, 6.07) is 0.541. The Bertz CT molecular complexity index is 409. The fraction of sp³-hybridized carbons (Fsp3) is 0.875. The highest BCUT2D eigenvalue weighted by Crippen LogP contribution is 2.20. The number of carbonyl (C=O) groups is 1. The first-order chi connectivity index (χ1) is 10.3. The van der Waals surface area contributed by atoms with Crippen molar-refractivity contribution in [3.63, 3.8) is 0 Å². The van der Waals surface area contributed by atoms with Crippen molar-refractivity contribution in [2.45, 2.75) is 77.0 Å². The van der Waals surface area contributed by atoms with Gasteiger partial charge in [0, 0.05) is 13.1 Å². The third-order valence-electron chi connectivity index (χ3n) is 4.03. The molecule has 134 valence electrons. The first-order valence-corrected chi connectivity index (χ1v) is 8.41. The normalized spacial score (nSPS) is 21.0. The van der Waals surface area contributed by atoms with Crippen molar-refractivity contribution in [3.8, 4) is 0 Å². The lowest BCUT2D eigenvalue weighted by Crippen LogP contribution is -2.62. The van der Waals surface area contributed by atoms with Crippen molar-refractivity contribution in [1.29, 1.82) is 0 Å². The smallest absolute Gasteiger partial charge is 0.410 e. The number of nitrogens with zero attached hydrogens (tertiary/aromatic N) is 2. The lowest BCUT2D eigenvalue weighted by atomic mass is 10.1. The maximum Gasteiger partial charge on any atom is 0.410 e. The molecule has 1 aliphatic heterocycles. The number of hydrogen-bond donors (Lipinski definition) is 2. The van der Waals surface area contributed by atoms with Crippen LogP contribution in [0.5, 0.6) is 0 Å². The molecule has 0 aromatic heterocycles. The van der Waals surface area contributed by atoms with Gasteiger partial charge in [-0.15, -0.1) is 24.0 Å². The van der Waals surface area contributed by atoms with E-state index in [1.807, 2.05) is 20.8 Å². The minimum Gasteiger partial charge on any atom is -0.444 e. The van der Waals surface area contributed by atoms with E-state index in [0.29, 0.717) is 25.1 Å². The summed E-state index contributed by atoms with van der Waals surface area (Å²) in [4.78, 5) is 18.1. The lowest BCUT2D eigenvalue weighted by molar-refractivity contribution is 0.00705. The number of carbonyl (C=O) groups excluding carboxylic acids is 1. The van der Waals surface area contributed by atoms with Crippen LogP contribution in [-0.2, 0) is 4.74 Å². The van der Waals surface area contributed by atoms with E-state index in [-0.39, 0.29) is 36.1 Å². The number of halogens is 1. The van der Waals surface area contributed by atoms with Crippen LogP contribution < -0.4 is 11.1 Å².